The number of hydrogen-bond donors (Lipinski definition) is 1. The molecule has 0 radical (unpaired) electrons. The average Bonchev–Trinajstić information content (AvgIpc) is 3.45. The van der Waals surface area contributed by atoms with E-state index in [0.717, 1.165) is 16.9 Å². The Morgan fingerprint density at radius 2 is 2.14 bits per heavy atom. The summed E-state index contributed by atoms with van der Waals surface area (Å²) >= 11 is 0.981. The van der Waals surface area contributed by atoms with Crippen LogP contribution in [-0.4, -0.2) is 36.4 Å². The fraction of sp³-hybridized carbons (Fsp3) is 0.125. The van der Waals surface area contributed by atoms with Crippen LogP contribution in [0.4, 0.5) is 10.8 Å². The highest BCUT2D eigenvalue weighted by Gasteiger charge is 2.19. The van der Waals surface area contributed by atoms with Gasteiger partial charge in [-0.2, -0.15) is 19.7 Å². The molecule has 5 rings (SSSR count). The molecule has 4 aromatic rings. The maximum Gasteiger partial charge on any atom is 0.326 e. The number of anilines is 1. The van der Waals surface area contributed by atoms with E-state index in [1.54, 1.807) is 0 Å². The second-order valence-corrected chi connectivity index (χ2v) is 6.82. The zero-order valence-electron chi connectivity index (χ0n) is 14.1. The Kier molecular flexibility index (Phi) is 3.76. The van der Waals surface area contributed by atoms with Gasteiger partial charge in [-0.1, -0.05) is 6.07 Å². The summed E-state index contributed by atoms with van der Waals surface area (Å²) in [6.07, 6.45) is 2.83. The van der Waals surface area contributed by atoms with Crippen molar-refractivity contribution in [1.82, 2.24) is 24.7 Å². The minimum absolute atomic E-state index is 0.00818. The van der Waals surface area contributed by atoms with Crippen molar-refractivity contribution in [1.29, 1.82) is 0 Å². The third kappa shape index (κ3) is 2.85. The van der Waals surface area contributed by atoms with Gasteiger partial charge in [0.05, 0.1) is 10.3 Å². The van der Waals surface area contributed by atoms with Crippen LogP contribution >= 0.6 is 11.3 Å². The molecule has 11 nitrogen and oxygen atoms in total. The smallest absolute Gasteiger partial charge is 0.326 e. The summed E-state index contributed by atoms with van der Waals surface area (Å²) in [5.41, 5.74) is 0.947. The molecule has 0 bridgehead atoms. The number of fused-ring (bicyclic) bond motifs is 2. The van der Waals surface area contributed by atoms with Crippen LogP contribution in [0.1, 0.15) is 5.56 Å². The number of nitrogens with zero attached hydrogens (tertiary/aromatic N) is 6. The Morgan fingerprint density at radius 1 is 1.25 bits per heavy atom. The van der Waals surface area contributed by atoms with E-state index in [4.69, 9.17) is 9.47 Å². The zero-order valence-corrected chi connectivity index (χ0v) is 14.9. The summed E-state index contributed by atoms with van der Waals surface area (Å²) in [6.45, 7) is 0.641. The molecular formula is C16H11N7O4S. The third-order valence-corrected chi connectivity index (χ3v) is 5.05. The quantitative estimate of drug-likeness (QED) is 0.399. The second-order valence-electron chi connectivity index (χ2n) is 5.81. The van der Waals surface area contributed by atoms with Gasteiger partial charge in [-0.3, -0.25) is 10.1 Å². The van der Waals surface area contributed by atoms with Crippen molar-refractivity contribution in [2.45, 2.75) is 6.54 Å². The van der Waals surface area contributed by atoms with Crippen molar-refractivity contribution < 1.29 is 14.4 Å². The van der Waals surface area contributed by atoms with E-state index in [1.165, 1.54) is 23.4 Å². The molecule has 0 fully saturated rings. The van der Waals surface area contributed by atoms with Crippen LogP contribution < -0.4 is 14.8 Å². The highest BCUT2D eigenvalue weighted by Crippen LogP contribution is 2.35. The molecule has 3 aromatic heterocycles. The van der Waals surface area contributed by atoms with Crippen LogP contribution in [-0.2, 0) is 6.54 Å². The van der Waals surface area contributed by atoms with E-state index in [1.807, 2.05) is 18.2 Å². The first-order valence-electron chi connectivity index (χ1n) is 8.11. The van der Waals surface area contributed by atoms with Gasteiger partial charge < -0.3 is 14.8 Å². The third-order valence-electron chi connectivity index (χ3n) is 4.07. The van der Waals surface area contributed by atoms with Crippen LogP contribution in [0.2, 0.25) is 0 Å². The Balaban J connectivity index is 1.52. The van der Waals surface area contributed by atoms with E-state index in [-0.39, 0.29) is 17.7 Å². The molecule has 28 heavy (non-hydrogen) atoms. The van der Waals surface area contributed by atoms with Crippen LogP contribution in [0.25, 0.3) is 16.2 Å². The van der Waals surface area contributed by atoms with Crippen molar-refractivity contribution in [3.05, 3.63) is 52.6 Å². The Morgan fingerprint density at radius 3 is 2.96 bits per heavy atom. The fourth-order valence-corrected chi connectivity index (χ4v) is 3.62. The number of nitrogens with one attached hydrogen (secondary N) is 1. The van der Waals surface area contributed by atoms with Crippen molar-refractivity contribution in [2.24, 2.45) is 0 Å². The normalized spacial score (nSPS) is 12.4. The van der Waals surface area contributed by atoms with Crippen molar-refractivity contribution in [3.63, 3.8) is 0 Å². The highest BCUT2D eigenvalue weighted by molar-refractivity contribution is 7.21. The largest absolute Gasteiger partial charge is 0.454 e. The van der Waals surface area contributed by atoms with Crippen LogP contribution in [0.15, 0.2) is 36.9 Å². The van der Waals surface area contributed by atoms with E-state index >= 15 is 0 Å². The van der Waals surface area contributed by atoms with Crippen LogP contribution in [0.5, 0.6) is 11.5 Å². The lowest BCUT2D eigenvalue weighted by Crippen LogP contribution is -2.07. The predicted octanol–water partition coefficient (Wildman–Crippen LogP) is 2.52. The van der Waals surface area contributed by atoms with Crippen molar-refractivity contribution >= 4 is 32.4 Å². The number of nitro groups is 1. The van der Waals surface area contributed by atoms with Crippen molar-refractivity contribution in [2.75, 3.05) is 12.1 Å². The molecule has 0 aliphatic carbocycles. The van der Waals surface area contributed by atoms with Gasteiger partial charge in [-0.25, -0.2) is 4.98 Å². The summed E-state index contributed by atoms with van der Waals surface area (Å²) in [5, 5.41) is 19.0. The summed E-state index contributed by atoms with van der Waals surface area (Å²) in [4.78, 5) is 24.0. The average molecular weight is 397 g/mol. The molecule has 12 heteroatoms. The lowest BCUT2D eigenvalue weighted by atomic mass is 10.2. The standard InChI is InChI=1S/C16H11N7O4S/c24-23(25)13-4-10-14(18-5-9-1-2-11-12(3-9)27-8-26-11)20-16(21-15(10)28-13)22-7-17-6-19-22/h1-4,6-7H,5,8H2,(H,18,20,21). The number of ether oxygens (including phenoxy) is 2. The first kappa shape index (κ1) is 16.4. The lowest BCUT2D eigenvalue weighted by Gasteiger charge is -2.09. The predicted molar refractivity (Wildman–Crippen MR) is 98.9 cm³/mol. The summed E-state index contributed by atoms with van der Waals surface area (Å²) in [6, 6.07) is 7.09. The van der Waals surface area contributed by atoms with Gasteiger partial charge in [0, 0.05) is 12.6 Å². The molecule has 0 saturated carbocycles. The fourth-order valence-electron chi connectivity index (χ4n) is 2.77. The Hall–Kier alpha value is -3.80. The van der Waals surface area contributed by atoms with E-state index in [2.05, 4.69) is 25.4 Å². The Bertz CT molecular complexity index is 1190. The van der Waals surface area contributed by atoms with Gasteiger partial charge >= 0.3 is 5.00 Å². The molecule has 0 atom stereocenters. The minimum Gasteiger partial charge on any atom is -0.454 e. The topological polar surface area (TPSA) is 130 Å². The molecule has 1 aliphatic heterocycles. The van der Waals surface area contributed by atoms with Gasteiger partial charge in [0.25, 0.3) is 5.95 Å². The molecule has 1 N–H and O–H groups in total. The van der Waals surface area contributed by atoms with Gasteiger partial charge in [-0.15, -0.1) is 0 Å². The molecular weight excluding hydrogens is 386 g/mol. The molecule has 0 amide bonds. The summed E-state index contributed by atoms with van der Waals surface area (Å²) < 4.78 is 12.1. The first-order chi connectivity index (χ1) is 13.7. The molecule has 1 aromatic carbocycles. The van der Waals surface area contributed by atoms with Gasteiger partial charge in [0.1, 0.15) is 23.3 Å². The number of hydrogen-bond acceptors (Lipinski definition) is 10. The number of benzene rings is 1. The summed E-state index contributed by atoms with van der Waals surface area (Å²) in [7, 11) is 0. The number of rotatable bonds is 5. The maximum absolute atomic E-state index is 11.2. The molecule has 0 spiro atoms. The first-order valence-corrected chi connectivity index (χ1v) is 8.92. The molecule has 4 heterocycles. The zero-order chi connectivity index (χ0) is 19.1. The lowest BCUT2D eigenvalue weighted by molar-refractivity contribution is -0.380. The molecule has 0 unspecified atom stereocenters. The van der Waals surface area contributed by atoms with Gasteiger partial charge in [0.2, 0.25) is 6.79 Å². The molecule has 140 valence electrons. The second kappa shape index (κ2) is 6.42. The van der Waals surface area contributed by atoms with Crippen molar-refractivity contribution in [3.8, 4) is 17.4 Å². The minimum atomic E-state index is -0.441. The van der Waals surface area contributed by atoms with Gasteiger partial charge in [0.15, 0.2) is 11.5 Å². The molecule has 0 saturated heterocycles. The van der Waals surface area contributed by atoms with Crippen LogP contribution in [0.3, 0.4) is 0 Å². The van der Waals surface area contributed by atoms with Gasteiger partial charge in [-0.05, 0) is 29.0 Å². The van der Waals surface area contributed by atoms with E-state index in [9.17, 15) is 10.1 Å². The maximum atomic E-state index is 11.2. The number of thiophene rings is 1. The van der Waals surface area contributed by atoms with E-state index in [0.29, 0.717) is 34.1 Å². The Labute approximate surface area is 160 Å². The summed E-state index contributed by atoms with van der Waals surface area (Å²) in [5.74, 6) is 2.13. The van der Waals surface area contributed by atoms with Crippen LogP contribution in [0, 0.1) is 10.1 Å². The SMILES string of the molecule is O=[N+]([O-])c1cc2c(NCc3ccc4c(c3)OCO4)nc(-n3cncn3)nc2s1. The number of aromatic nitrogens is 5. The monoisotopic (exact) mass is 397 g/mol. The van der Waals surface area contributed by atoms with E-state index < -0.39 is 4.92 Å². The molecule has 1 aliphatic rings. The highest BCUT2D eigenvalue weighted by atomic mass is 32.1.